The Labute approximate surface area is 88.8 Å². The molecule has 1 fully saturated rings. The van der Waals surface area contributed by atoms with Crippen molar-refractivity contribution in [3.8, 4) is 0 Å². The normalized spacial score (nSPS) is 17.8. The van der Waals surface area contributed by atoms with Crippen molar-refractivity contribution < 1.29 is 0 Å². The fraction of sp³-hybridized carbons (Fsp3) is 1.00. The first-order chi connectivity index (χ1) is 6.59. The summed E-state index contributed by atoms with van der Waals surface area (Å²) in [5.41, 5.74) is 6.05. The lowest BCUT2D eigenvalue weighted by Gasteiger charge is -2.25. The van der Waals surface area contributed by atoms with Gasteiger partial charge < -0.3 is 10.6 Å². The quantitative estimate of drug-likeness (QED) is 0.680. The average Bonchev–Trinajstić information content (AvgIpc) is 2.96. The van der Waals surface area contributed by atoms with E-state index in [1.54, 1.807) is 0 Å². The van der Waals surface area contributed by atoms with E-state index in [1.165, 1.54) is 38.8 Å². The molecule has 0 aromatic rings. The van der Waals surface area contributed by atoms with Gasteiger partial charge in [-0.25, -0.2) is 0 Å². The van der Waals surface area contributed by atoms with Crippen molar-refractivity contribution in [2.75, 3.05) is 19.6 Å². The van der Waals surface area contributed by atoms with Gasteiger partial charge in [0.05, 0.1) is 0 Å². The van der Waals surface area contributed by atoms with Crippen molar-refractivity contribution in [3.05, 3.63) is 0 Å². The van der Waals surface area contributed by atoms with Gasteiger partial charge in [0, 0.05) is 6.04 Å². The predicted molar refractivity (Wildman–Crippen MR) is 62.3 cm³/mol. The lowest BCUT2D eigenvalue weighted by atomic mass is 9.88. The molecule has 0 aliphatic heterocycles. The molecule has 2 N–H and O–H groups in total. The minimum Gasteiger partial charge on any atom is -0.330 e. The molecule has 84 valence electrons. The van der Waals surface area contributed by atoms with Crippen LogP contribution in [0.15, 0.2) is 0 Å². The third-order valence-electron chi connectivity index (χ3n) is 3.32. The van der Waals surface area contributed by atoms with Gasteiger partial charge in [-0.3, -0.25) is 0 Å². The van der Waals surface area contributed by atoms with E-state index in [-0.39, 0.29) is 0 Å². The fourth-order valence-corrected chi connectivity index (χ4v) is 1.90. The van der Waals surface area contributed by atoms with Gasteiger partial charge in [-0.1, -0.05) is 20.8 Å². The number of nitrogens with two attached hydrogens (primary N) is 1. The standard InChI is InChI=1S/C12H26N2/c1-4-14(11-6-7-11)9-5-8-12(2,3)10-13/h11H,4-10,13H2,1-3H3. The van der Waals surface area contributed by atoms with E-state index in [9.17, 15) is 0 Å². The summed E-state index contributed by atoms with van der Waals surface area (Å²) < 4.78 is 0. The third kappa shape index (κ3) is 3.97. The summed E-state index contributed by atoms with van der Waals surface area (Å²) in [6, 6.07) is 0.918. The second-order valence-corrected chi connectivity index (χ2v) is 5.33. The van der Waals surface area contributed by atoms with Crippen LogP contribution >= 0.6 is 0 Å². The largest absolute Gasteiger partial charge is 0.330 e. The van der Waals surface area contributed by atoms with Crippen molar-refractivity contribution in [1.29, 1.82) is 0 Å². The van der Waals surface area contributed by atoms with E-state index in [0.717, 1.165) is 12.6 Å². The van der Waals surface area contributed by atoms with Crippen LogP contribution in [0, 0.1) is 5.41 Å². The molecule has 0 heterocycles. The number of hydrogen-bond acceptors (Lipinski definition) is 2. The maximum absolute atomic E-state index is 5.71. The van der Waals surface area contributed by atoms with Crippen LogP contribution in [-0.2, 0) is 0 Å². The van der Waals surface area contributed by atoms with Crippen molar-refractivity contribution >= 4 is 0 Å². The van der Waals surface area contributed by atoms with E-state index < -0.39 is 0 Å². The number of rotatable bonds is 7. The number of hydrogen-bond donors (Lipinski definition) is 1. The molecule has 1 rings (SSSR count). The van der Waals surface area contributed by atoms with E-state index in [1.807, 2.05) is 0 Å². The Hall–Kier alpha value is -0.0800. The zero-order valence-corrected chi connectivity index (χ0v) is 10.1. The predicted octanol–water partition coefficient (Wildman–Crippen LogP) is 2.24. The molecule has 0 aromatic heterocycles. The maximum atomic E-state index is 5.71. The third-order valence-corrected chi connectivity index (χ3v) is 3.32. The zero-order valence-electron chi connectivity index (χ0n) is 10.1. The molecule has 0 spiro atoms. The molecular weight excluding hydrogens is 172 g/mol. The molecule has 1 aliphatic rings. The molecule has 2 heteroatoms. The molecule has 1 saturated carbocycles. The summed E-state index contributed by atoms with van der Waals surface area (Å²) in [4.78, 5) is 2.62. The number of nitrogens with zero attached hydrogens (tertiary/aromatic N) is 1. The Morgan fingerprint density at radius 2 is 2.00 bits per heavy atom. The van der Waals surface area contributed by atoms with Crippen molar-refractivity contribution in [2.24, 2.45) is 11.1 Å². The van der Waals surface area contributed by atoms with Crippen LogP contribution in [0.25, 0.3) is 0 Å². The van der Waals surface area contributed by atoms with Crippen LogP contribution in [0.1, 0.15) is 46.5 Å². The molecule has 0 bridgehead atoms. The summed E-state index contributed by atoms with van der Waals surface area (Å²) in [5, 5.41) is 0. The average molecular weight is 198 g/mol. The fourth-order valence-electron chi connectivity index (χ4n) is 1.90. The first-order valence-corrected chi connectivity index (χ1v) is 6.03. The molecule has 14 heavy (non-hydrogen) atoms. The first-order valence-electron chi connectivity index (χ1n) is 6.03. The maximum Gasteiger partial charge on any atom is 0.00963 e. The van der Waals surface area contributed by atoms with Gasteiger partial charge in [0.2, 0.25) is 0 Å². The molecule has 0 amide bonds. The van der Waals surface area contributed by atoms with Gasteiger partial charge in [-0.2, -0.15) is 0 Å². The molecule has 1 aliphatic carbocycles. The summed E-state index contributed by atoms with van der Waals surface area (Å²) in [6.07, 6.45) is 5.41. The first kappa shape index (κ1) is 12.0. The Bertz CT molecular complexity index is 162. The monoisotopic (exact) mass is 198 g/mol. The summed E-state index contributed by atoms with van der Waals surface area (Å²) in [6.45, 7) is 10.1. The van der Waals surface area contributed by atoms with E-state index in [0.29, 0.717) is 5.41 Å². The van der Waals surface area contributed by atoms with Gasteiger partial charge in [-0.05, 0) is 50.7 Å². The van der Waals surface area contributed by atoms with Crippen LogP contribution in [0.4, 0.5) is 0 Å². The highest BCUT2D eigenvalue weighted by atomic mass is 15.2. The van der Waals surface area contributed by atoms with Gasteiger partial charge in [0.25, 0.3) is 0 Å². The summed E-state index contributed by atoms with van der Waals surface area (Å²) in [7, 11) is 0. The topological polar surface area (TPSA) is 29.3 Å². The van der Waals surface area contributed by atoms with E-state index in [2.05, 4.69) is 25.7 Å². The van der Waals surface area contributed by atoms with Crippen LogP contribution in [-0.4, -0.2) is 30.6 Å². The van der Waals surface area contributed by atoms with Crippen molar-refractivity contribution in [2.45, 2.75) is 52.5 Å². The summed E-state index contributed by atoms with van der Waals surface area (Å²) in [5.74, 6) is 0. The minimum atomic E-state index is 0.336. The highest BCUT2D eigenvalue weighted by molar-refractivity contribution is 4.84. The SMILES string of the molecule is CCN(CCCC(C)(C)CN)C1CC1. The van der Waals surface area contributed by atoms with Gasteiger partial charge in [-0.15, -0.1) is 0 Å². The second-order valence-electron chi connectivity index (χ2n) is 5.33. The Balaban J connectivity index is 2.12. The highest BCUT2D eigenvalue weighted by Crippen LogP contribution is 2.27. The van der Waals surface area contributed by atoms with Crippen LogP contribution < -0.4 is 5.73 Å². The molecular formula is C12H26N2. The van der Waals surface area contributed by atoms with Crippen LogP contribution in [0.2, 0.25) is 0 Å². The van der Waals surface area contributed by atoms with Crippen molar-refractivity contribution in [3.63, 3.8) is 0 Å². The van der Waals surface area contributed by atoms with Gasteiger partial charge in [0.1, 0.15) is 0 Å². The smallest absolute Gasteiger partial charge is 0.00963 e. The second kappa shape index (κ2) is 5.13. The van der Waals surface area contributed by atoms with E-state index >= 15 is 0 Å². The van der Waals surface area contributed by atoms with Crippen molar-refractivity contribution in [1.82, 2.24) is 4.90 Å². The molecule has 0 radical (unpaired) electrons. The molecule has 2 nitrogen and oxygen atoms in total. The summed E-state index contributed by atoms with van der Waals surface area (Å²) >= 11 is 0. The van der Waals surface area contributed by atoms with Crippen LogP contribution in [0.5, 0.6) is 0 Å². The van der Waals surface area contributed by atoms with E-state index in [4.69, 9.17) is 5.73 Å². The molecule has 0 saturated heterocycles. The highest BCUT2D eigenvalue weighted by Gasteiger charge is 2.27. The Morgan fingerprint density at radius 3 is 2.43 bits per heavy atom. The lowest BCUT2D eigenvalue weighted by molar-refractivity contribution is 0.244. The minimum absolute atomic E-state index is 0.336. The Morgan fingerprint density at radius 1 is 1.36 bits per heavy atom. The van der Waals surface area contributed by atoms with Gasteiger partial charge >= 0.3 is 0 Å². The van der Waals surface area contributed by atoms with Crippen LogP contribution in [0.3, 0.4) is 0 Å². The molecule has 0 unspecified atom stereocenters. The lowest BCUT2D eigenvalue weighted by Crippen LogP contribution is -2.29. The Kier molecular flexibility index (Phi) is 4.39. The molecule has 0 aromatic carbocycles. The van der Waals surface area contributed by atoms with Gasteiger partial charge in [0.15, 0.2) is 0 Å². The molecule has 0 atom stereocenters. The zero-order chi connectivity index (χ0) is 10.6.